The fourth-order valence-electron chi connectivity index (χ4n) is 3.00. The largest absolute Gasteiger partial charge is 0.382 e. The Hall–Kier alpha value is -1.54. The second-order valence-corrected chi connectivity index (χ2v) is 5.24. The van der Waals surface area contributed by atoms with E-state index in [1.807, 2.05) is 0 Å². The Morgan fingerprint density at radius 1 is 1.06 bits per heavy atom. The molecule has 3 N–H and O–H groups in total. The van der Waals surface area contributed by atoms with Crippen molar-refractivity contribution in [3.63, 3.8) is 0 Å². The van der Waals surface area contributed by atoms with Crippen molar-refractivity contribution in [2.45, 2.75) is 25.3 Å². The highest BCUT2D eigenvalue weighted by molar-refractivity contribution is 5.85. The van der Waals surface area contributed by atoms with Gasteiger partial charge in [0.2, 0.25) is 0 Å². The predicted molar refractivity (Wildman–Crippen MR) is 77.8 cm³/mol. The monoisotopic (exact) mass is 240 g/mol. The second kappa shape index (κ2) is 4.99. The van der Waals surface area contributed by atoms with Crippen LogP contribution in [0.15, 0.2) is 42.5 Å². The summed E-state index contributed by atoms with van der Waals surface area (Å²) in [5, 5.41) is 6.25. The van der Waals surface area contributed by atoms with Gasteiger partial charge in [0, 0.05) is 11.7 Å². The fourth-order valence-corrected chi connectivity index (χ4v) is 3.00. The van der Waals surface area contributed by atoms with Crippen LogP contribution in [0.2, 0.25) is 0 Å². The average Bonchev–Trinajstić information content (AvgIpc) is 2.86. The highest BCUT2D eigenvalue weighted by Crippen LogP contribution is 2.28. The summed E-state index contributed by atoms with van der Waals surface area (Å²) < 4.78 is 0. The Bertz CT molecular complexity index is 535. The minimum Gasteiger partial charge on any atom is -0.382 e. The molecule has 1 fully saturated rings. The predicted octanol–water partition coefficient (Wildman–Crippen LogP) is 3.38. The van der Waals surface area contributed by atoms with Gasteiger partial charge in [-0.05, 0) is 48.2 Å². The maximum Gasteiger partial charge on any atom is 0.0348 e. The third-order valence-corrected chi connectivity index (χ3v) is 4.06. The average molecular weight is 240 g/mol. The molecule has 0 aliphatic heterocycles. The molecule has 2 nitrogen and oxygen atoms in total. The molecule has 94 valence electrons. The standard InChI is InChI=1S/C16H20N2/c17-11-14-6-3-7-16(14)18-15-9-8-12-4-1-2-5-13(12)10-15/h1-2,4-5,8-10,14,16,18H,3,6-7,11,17H2. The van der Waals surface area contributed by atoms with Gasteiger partial charge in [0.25, 0.3) is 0 Å². The molecular weight excluding hydrogens is 220 g/mol. The maximum absolute atomic E-state index is 5.83. The number of benzene rings is 2. The van der Waals surface area contributed by atoms with Gasteiger partial charge in [-0.25, -0.2) is 0 Å². The molecule has 3 rings (SSSR count). The molecule has 1 aliphatic rings. The maximum atomic E-state index is 5.83. The number of hydrogen-bond acceptors (Lipinski definition) is 2. The van der Waals surface area contributed by atoms with Crippen LogP contribution in [0.3, 0.4) is 0 Å². The summed E-state index contributed by atoms with van der Waals surface area (Å²) in [4.78, 5) is 0. The first kappa shape index (κ1) is 11.5. The Morgan fingerprint density at radius 3 is 2.72 bits per heavy atom. The van der Waals surface area contributed by atoms with E-state index in [1.54, 1.807) is 0 Å². The Kier molecular flexibility index (Phi) is 3.20. The van der Waals surface area contributed by atoms with Gasteiger partial charge in [0.05, 0.1) is 0 Å². The van der Waals surface area contributed by atoms with Crippen LogP contribution in [0.1, 0.15) is 19.3 Å². The first-order valence-corrected chi connectivity index (χ1v) is 6.82. The minimum atomic E-state index is 0.552. The van der Waals surface area contributed by atoms with Crippen molar-refractivity contribution in [3.05, 3.63) is 42.5 Å². The number of nitrogens with one attached hydrogen (secondary N) is 1. The van der Waals surface area contributed by atoms with Crippen LogP contribution in [0.4, 0.5) is 5.69 Å². The number of anilines is 1. The zero-order valence-corrected chi connectivity index (χ0v) is 10.6. The van der Waals surface area contributed by atoms with Crippen molar-refractivity contribution >= 4 is 16.5 Å². The van der Waals surface area contributed by atoms with Gasteiger partial charge in [-0.2, -0.15) is 0 Å². The normalized spacial score (nSPS) is 23.4. The second-order valence-electron chi connectivity index (χ2n) is 5.24. The summed E-state index contributed by atoms with van der Waals surface area (Å²) in [5.41, 5.74) is 7.05. The zero-order chi connectivity index (χ0) is 12.4. The molecule has 2 unspecified atom stereocenters. The molecule has 0 aromatic heterocycles. The van der Waals surface area contributed by atoms with E-state index in [1.165, 1.54) is 35.7 Å². The highest BCUT2D eigenvalue weighted by Gasteiger charge is 2.25. The summed E-state index contributed by atoms with van der Waals surface area (Å²) in [6, 6.07) is 15.6. The van der Waals surface area contributed by atoms with Crippen molar-refractivity contribution in [1.29, 1.82) is 0 Å². The molecule has 0 bridgehead atoms. The molecule has 1 aliphatic carbocycles. The number of fused-ring (bicyclic) bond motifs is 1. The molecular formula is C16H20N2. The molecule has 0 radical (unpaired) electrons. The van der Waals surface area contributed by atoms with Crippen LogP contribution in [0.5, 0.6) is 0 Å². The summed E-state index contributed by atoms with van der Waals surface area (Å²) in [6.07, 6.45) is 3.81. The van der Waals surface area contributed by atoms with Gasteiger partial charge in [0.15, 0.2) is 0 Å². The summed E-state index contributed by atoms with van der Waals surface area (Å²) >= 11 is 0. The summed E-state index contributed by atoms with van der Waals surface area (Å²) in [6.45, 7) is 0.797. The quantitative estimate of drug-likeness (QED) is 0.863. The first-order chi connectivity index (χ1) is 8.86. The van der Waals surface area contributed by atoms with E-state index >= 15 is 0 Å². The van der Waals surface area contributed by atoms with Crippen LogP contribution in [-0.4, -0.2) is 12.6 Å². The van der Waals surface area contributed by atoms with Crippen LogP contribution in [0.25, 0.3) is 10.8 Å². The van der Waals surface area contributed by atoms with Gasteiger partial charge in [-0.3, -0.25) is 0 Å². The van der Waals surface area contributed by atoms with Crippen molar-refractivity contribution in [2.24, 2.45) is 11.7 Å². The Morgan fingerprint density at radius 2 is 1.89 bits per heavy atom. The lowest BCUT2D eigenvalue weighted by atomic mass is 10.0. The minimum absolute atomic E-state index is 0.552. The van der Waals surface area contributed by atoms with Crippen LogP contribution < -0.4 is 11.1 Å². The Balaban J connectivity index is 1.82. The molecule has 0 heterocycles. The van der Waals surface area contributed by atoms with E-state index in [2.05, 4.69) is 47.8 Å². The van der Waals surface area contributed by atoms with E-state index in [0.29, 0.717) is 12.0 Å². The molecule has 2 atom stereocenters. The zero-order valence-electron chi connectivity index (χ0n) is 10.6. The van der Waals surface area contributed by atoms with E-state index in [-0.39, 0.29) is 0 Å². The van der Waals surface area contributed by atoms with Crippen molar-refractivity contribution in [3.8, 4) is 0 Å². The van der Waals surface area contributed by atoms with Crippen LogP contribution in [-0.2, 0) is 0 Å². The van der Waals surface area contributed by atoms with Gasteiger partial charge in [-0.1, -0.05) is 36.8 Å². The lowest BCUT2D eigenvalue weighted by Gasteiger charge is -2.21. The molecule has 1 saturated carbocycles. The molecule has 18 heavy (non-hydrogen) atoms. The smallest absolute Gasteiger partial charge is 0.0348 e. The SMILES string of the molecule is NCC1CCCC1Nc1ccc2ccccc2c1. The number of rotatable bonds is 3. The van der Waals surface area contributed by atoms with Gasteiger partial charge in [-0.15, -0.1) is 0 Å². The van der Waals surface area contributed by atoms with E-state index in [9.17, 15) is 0 Å². The third-order valence-electron chi connectivity index (χ3n) is 4.06. The lowest BCUT2D eigenvalue weighted by molar-refractivity contribution is 0.517. The number of hydrogen-bond donors (Lipinski definition) is 2. The fraction of sp³-hybridized carbons (Fsp3) is 0.375. The van der Waals surface area contributed by atoms with Gasteiger partial charge >= 0.3 is 0 Å². The molecule has 2 aromatic rings. The highest BCUT2D eigenvalue weighted by atomic mass is 14.9. The molecule has 2 aromatic carbocycles. The molecule has 2 heteroatoms. The first-order valence-electron chi connectivity index (χ1n) is 6.82. The Labute approximate surface area is 108 Å². The summed E-state index contributed by atoms with van der Waals surface area (Å²) in [7, 11) is 0. The van der Waals surface area contributed by atoms with E-state index in [0.717, 1.165) is 6.54 Å². The van der Waals surface area contributed by atoms with Crippen molar-refractivity contribution in [2.75, 3.05) is 11.9 Å². The van der Waals surface area contributed by atoms with Gasteiger partial charge in [0.1, 0.15) is 0 Å². The van der Waals surface area contributed by atoms with Crippen molar-refractivity contribution in [1.82, 2.24) is 0 Å². The van der Waals surface area contributed by atoms with Crippen LogP contribution >= 0.6 is 0 Å². The lowest BCUT2D eigenvalue weighted by Crippen LogP contribution is -2.29. The van der Waals surface area contributed by atoms with Gasteiger partial charge < -0.3 is 11.1 Å². The third kappa shape index (κ3) is 2.21. The van der Waals surface area contributed by atoms with E-state index < -0.39 is 0 Å². The van der Waals surface area contributed by atoms with E-state index in [4.69, 9.17) is 5.73 Å². The van der Waals surface area contributed by atoms with Crippen LogP contribution in [0, 0.1) is 5.92 Å². The molecule has 0 spiro atoms. The number of nitrogens with two attached hydrogens (primary N) is 1. The van der Waals surface area contributed by atoms with Crippen molar-refractivity contribution < 1.29 is 0 Å². The molecule has 0 amide bonds. The molecule has 0 saturated heterocycles. The summed E-state index contributed by atoms with van der Waals surface area (Å²) in [5.74, 6) is 0.636. The topological polar surface area (TPSA) is 38.0 Å².